The highest BCUT2D eigenvalue weighted by Gasteiger charge is 2.14. The first kappa shape index (κ1) is 14.1. The first-order valence-electron chi connectivity index (χ1n) is 7.39. The lowest BCUT2D eigenvalue weighted by atomic mass is 10.0. The molecule has 0 amide bonds. The fraction of sp³-hybridized carbons (Fsp3) is 0.167. The number of thiazole rings is 1. The molecule has 0 bridgehead atoms. The first-order chi connectivity index (χ1) is 11.2. The number of anilines is 2. The van der Waals surface area contributed by atoms with E-state index < -0.39 is 0 Å². The van der Waals surface area contributed by atoms with Gasteiger partial charge in [-0.25, -0.2) is 4.98 Å². The van der Waals surface area contributed by atoms with Crippen LogP contribution in [-0.4, -0.2) is 11.8 Å². The summed E-state index contributed by atoms with van der Waals surface area (Å²) in [6, 6.07) is 12.2. The van der Waals surface area contributed by atoms with Gasteiger partial charge in [-0.1, -0.05) is 23.8 Å². The Morgan fingerprint density at radius 1 is 1.04 bits per heavy atom. The Bertz CT molecular complexity index is 873. The molecule has 4 nitrogen and oxygen atoms in total. The molecule has 0 saturated heterocycles. The lowest BCUT2D eigenvalue weighted by molar-refractivity contribution is 0.174. The van der Waals surface area contributed by atoms with E-state index in [4.69, 9.17) is 14.5 Å². The maximum absolute atomic E-state index is 5.40. The Labute approximate surface area is 138 Å². The van der Waals surface area contributed by atoms with E-state index in [2.05, 4.69) is 42.7 Å². The molecule has 0 aliphatic carbocycles. The normalized spacial score (nSPS) is 12.4. The second-order valence-corrected chi connectivity index (χ2v) is 6.41. The standard InChI is InChI=1S/C18H16N2O2S/c1-11-3-5-14(12(2)7-11)15-9-23-18(20-15)19-13-4-6-16-17(8-13)22-10-21-16/h3-9H,10H2,1-2H3,(H,19,20). The molecule has 116 valence electrons. The molecule has 1 aliphatic rings. The summed E-state index contributed by atoms with van der Waals surface area (Å²) in [6.07, 6.45) is 0. The van der Waals surface area contributed by atoms with E-state index in [0.717, 1.165) is 28.0 Å². The lowest BCUT2D eigenvalue weighted by Crippen LogP contribution is -1.93. The van der Waals surface area contributed by atoms with Gasteiger partial charge in [-0.15, -0.1) is 11.3 Å². The number of hydrogen-bond acceptors (Lipinski definition) is 5. The van der Waals surface area contributed by atoms with Crippen molar-refractivity contribution in [2.45, 2.75) is 13.8 Å². The fourth-order valence-corrected chi connectivity index (χ4v) is 3.38. The van der Waals surface area contributed by atoms with Crippen LogP contribution in [0.1, 0.15) is 11.1 Å². The number of rotatable bonds is 3. The van der Waals surface area contributed by atoms with E-state index in [1.54, 1.807) is 11.3 Å². The largest absolute Gasteiger partial charge is 0.454 e. The zero-order valence-electron chi connectivity index (χ0n) is 12.9. The van der Waals surface area contributed by atoms with Gasteiger partial charge >= 0.3 is 0 Å². The quantitative estimate of drug-likeness (QED) is 0.744. The van der Waals surface area contributed by atoms with Crippen LogP contribution >= 0.6 is 11.3 Å². The molecular formula is C18H16N2O2S. The number of fused-ring (bicyclic) bond motifs is 1. The third kappa shape index (κ3) is 2.75. The molecule has 1 aromatic heterocycles. The van der Waals surface area contributed by atoms with Gasteiger partial charge in [0.15, 0.2) is 16.6 Å². The Balaban J connectivity index is 1.58. The van der Waals surface area contributed by atoms with Crippen molar-refractivity contribution in [2.24, 2.45) is 0 Å². The maximum atomic E-state index is 5.40. The minimum atomic E-state index is 0.285. The Kier molecular flexibility index (Phi) is 3.42. The second-order valence-electron chi connectivity index (χ2n) is 5.55. The topological polar surface area (TPSA) is 43.4 Å². The van der Waals surface area contributed by atoms with E-state index in [1.807, 2.05) is 18.2 Å². The van der Waals surface area contributed by atoms with E-state index in [0.29, 0.717) is 0 Å². The van der Waals surface area contributed by atoms with Crippen molar-refractivity contribution in [3.63, 3.8) is 0 Å². The number of nitrogens with zero attached hydrogens (tertiary/aromatic N) is 1. The van der Waals surface area contributed by atoms with Crippen LogP contribution in [0.25, 0.3) is 11.3 Å². The molecule has 5 heteroatoms. The number of nitrogens with one attached hydrogen (secondary N) is 1. The van der Waals surface area contributed by atoms with Gasteiger partial charge in [-0.2, -0.15) is 0 Å². The summed E-state index contributed by atoms with van der Waals surface area (Å²) in [7, 11) is 0. The highest BCUT2D eigenvalue weighted by Crippen LogP contribution is 2.36. The number of ether oxygens (including phenoxy) is 2. The van der Waals surface area contributed by atoms with Crippen molar-refractivity contribution in [1.29, 1.82) is 0 Å². The molecule has 0 saturated carbocycles. The predicted octanol–water partition coefficient (Wildman–Crippen LogP) is 4.90. The molecule has 0 spiro atoms. The monoisotopic (exact) mass is 324 g/mol. The second kappa shape index (κ2) is 5.59. The van der Waals surface area contributed by atoms with Crippen molar-refractivity contribution in [1.82, 2.24) is 4.98 Å². The van der Waals surface area contributed by atoms with Crippen molar-refractivity contribution >= 4 is 22.2 Å². The summed E-state index contributed by atoms with van der Waals surface area (Å²) in [5.41, 5.74) is 5.61. The Morgan fingerprint density at radius 2 is 1.91 bits per heavy atom. The van der Waals surface area contributed by atoms with Gasteiger partial charge in [0.25, 0.3) is 0 Å². The van der Waals surface area contributed by atoms with Crippen LogP contribution < -0.4 is 14.8 Å². The molecule has 1 aliphatic heterocycles. The maximum Gasteiger partial charge on any atom is 0.231 e. The molecule has 4 rings (SSSR count). The van der Waals surface area contributed by atoms with E-state index >= 15 is 0 Å². The Morgan fingerprint density at radius 3 is 2.78 bits per heavy atom. The van der Waals surface area contributed by atoms with Crippen LogP contribution in [0.4, 0.5) is 10.8 Å². The van der Waals surface area contributed by atoms with E-state index in [-0.39, 0.29) is 6.79 Å². The van der Waals surface area contributed by atoms with Gasteiger partial charge in [-0.3, -0.25) is 0 Å². The summed E-state index contributed by atoms with van der Waals surface area (Å²) >= 11 is 1.59. The third-order valence-electron chi connectivity index (χ3n) is 3.79. The van der Waals surface area contributed by atoms with Gasteiger partial charge in [-0.05, 0) is 31.5 Å². The molecule has 2 aromatic carbocycles. The molecule has 0 radical (unpaired) electrons. The van der Waals surface area contributed by atoms with Crippen LogP contribution in [0.15, 0.2) is 41.8 Å². The predicted molar refractivity (Wildman–Crippen MR) is 92.9 cm³/mol. The summed E-state index contributed by atoms with van der Waals surface area (Å²) < 4.78 is 10.7. The van der Waals surface area contributed by atoms with E-state index in [1.165, 1.54) is 16.7 Å². The zero-order valence-corrected chi connectivity index (χ0v) is 13.7. The third-order valence-corrected chi connectivity index (χ3v) is 4.54. The van der Waals surface area contributed by atoms with Crippen molar-refractivity contribution in [3.8, 4) is 22.8 Å². The van der Waals surface area contributed by atoms with Crippen LogP contribution in [0.3, 0.4) is 0 Å². The number of aromatic nitrogens is 1. The molecule has 0 unspecified atom stereocenters. The molecule has 3 aromatic rings. The Hall–Kier alpha value is -2.53. The fourth-order valence-electron chi connectivity index (χ4n) is 2.65. The number of benzene rings is 2. The average Bonchev–Trinajstić information content (AvgIpc) is 3.16. The van der Waals surface area contributed by atoms with Gasteiger partial charge in [0.2, 0.25) is 6.79 Å². The smallest absolute Gasteiger partial charge is 0.231 e. The average molecular weight is 324 g/mol. The molecule has 0 fully saturated rings. The molecule has 0 atom stereocenters. The summed E-state index contributed by atoms with van der Waals surface area (Å²) in [5.74, 6) is 1.55. The summed E-state index contributed by atoms with van der Waals surface area (Å²) in [4.78, 5) is 4.70. The number of hydrogen-bond donors (Lipinski definition) is 1. The van der Waals surface area contributed by atoms with Crippen molar-refractivity contribution < 1.29 is 9.47 Å². The van der Waals surface area contributed by atoms with Crippen molar-refractivity contribution in [3.05, 3.63) is 52.9 Å². The molecular weight excluding hydrogens is 308 g/mol. The highest BCUT2D eigenvalue weighted by atomic mass is 32.1. The van der Waals surface area contributed by atoms with E-state index in [9.17, 15) is 0 Å². The van der Waals surface area contributed by atoms with Gasteiger partial charge in [0, 0.05) is 22.7 Å². The molecule has 1 N–H and O–H groups in total. The van der Waals surface area contributed by atoms with Crippen molar-refractivity contribution in [2.75, 3.05) is 12.1 Å². The van der Waals surface area contributed by atoms with Crippen LogP contribution in [0.5, 0.6) is 11.5 Å². The van der Waals surface area contributed by atoms with Crippen LogP contribution in [-0.2, 0) is 0 Å². The first-order valence-corrected chi connectivity index (χ1v) is 8.27. The van der Waals surface area contributed by atoms with Gasteiger partial charge < -0.3 is 14.8 Å². The minimum Gasteiger partial charge on any atom is -0.454 e. The minimum absolute atomic E-state index is 0.285. The summed E-state index contributed by atoms with van der Waals surface area (Å²) in [5, 5.41) is 6.26. The lowest BCUT2D eigenvalue weighted by Gasteiger charge is -2.05. The number of aryl methyl sites for hydroxylation is 2. The van der Waals surface area contributed by atoms with Gasteiger partial charge in [0.05, 0.1) is 5.69 Å². The molecule has 23 heavy (non-hydrogen) atoms. The summed E-state index contributed by atoms with van der Waals surface area (Å²) in [6.45, 7) is 4.50. The van der Waals surface area contributed by atoms with Crippen LogP contribution in [0.2, 0.25) is 0 Å². The highest BCUT2D eigenvalue weighted by molar-refractivity contribution is 7.14. The van der Waals surface area contributed by atoms with Gasteiger partial charge in [0.1, 0.15) is 0 Å². The molecule has 2 heterocycles. The van der Waals surface area contributed by atoms with Crippen LogP contribution in [0, 0.1) is 13.8 Å². The zero-order chi connectivity index (χ0) is 15.8. The SMILES string of the molecule is Cc1ccc(-c2csc(Nc3ccc4c(c3)OCO4)n2)c(C)c1.